The molecule has 2 aromatic heterocycles. The predicted molar refractivity (Wildman–Crippen MR) is 122 cm³/mol. The van der Waals surface area contributed by atoms with Crippen LogP contribution in [0.15, 0.2) is 47.6 Å². The number of benzene rings is 1. The van der Waals surface area contributed by atoms with Crippen molar-refractivity contribution in [3.8, 4) is 0 Å². The van der Waals surface area contributed by atoms with Crippen LogP contribution in [0.5, 0.6) is 0 Å². The van der Waals surface area contributed by atoms with E-state index in [1.165, 1.54) is 3.97 Å². The number of pyridine rings is 1. The number of piperidine rings is 1. The zero-order chi connectivity index (χ0) is 20.9. The van der Waals surface area contributed by atoms with Crippen LogP contribution in [0.2, 0.25) is 0 Å². The van der Waals surface area contributed by atoms with Gasteiger partial charge in [-0.1, -0.05) is 17.7 Å². The molecule has 4 heterocycles. The molecule has 1 spiro atoms. The van der Waals surface area contributed by atoms with Gasteiger partial charge in [-0.05, 0) is 47.7 Å². The van der Waals surface area contributed by atoms with Crippen molar-refractivity contribution in [1.29, 1.82) is 0 Å². The lowest BCUT2D eigenvalue weighted by Gasteiger charge is -2.38. The summed E-state index contributed by atoms with van der Waals surface area (Å²) in [7, 11) is -3.71. The van der Waals surface area contributed by atoms with Crippen molar-refractivity contribution in [2.75, 3.05) is 31.2 Å². The molecule has 0 atom stereocenters. The van der Waals surface area contributed by atoms with Crippen molar-refractivity contribution < 1.29 is 17.9 Å². The third kappa shape index (κ3) is 3.41. The molecule has 30 heavy (non-hydrogen) atoms. The molecule has 158 valence electrons. The van der Waals surface area contributed by atoms with E-state index in [1.54, 1.807) is 36.7 Å². The number of halogens is 1. The maximum atomic E-state index is 13.2. The zero-order valence-corrected chi connectivity index (χ0v) is 19.5. The van der Waals surface area contributed by atoms with Gasteiger partial charge in [-0.3, -0.25) is 0 Å². The van der Waals surface area contributed by atoms with E-state index in [-0.39, 0.29) is 4.90 Å². The normalized spacial score (nSPS) is 19.1. The van der Waals surface area contributed by atoms with E-state index < -0.39 is 15.8 Å². The van der Waals surface area contributed by atoms with Crippen molar-refractivity contribution in [2.24, 2.45) is 0 Å². The van der Waals surface area contributed by atoms with Crippen LogP contribution in [0, 0.1) is 10.5 Å². The van der Waals surface area contributed by atoms with Crippen molar-refractivity contribution in [3.63, 3.8) is 0 Å². The molecule has 3 aromatic rings. The standard InChI is InChI=1S/C21H22IN3O4S/c1-15-2-4-17(5-3-15)30(26,27)25-14-19(22)18-12-16(13-23-20(18)25)24-8-6-21(7-9-24)28-10-11-29-21/h2-5,12-14H,6-11H2,1H3. The van der Waals surface area contributed by atoms with Crippen molar-refractivity contribution in [2.45, 2.75) is 30.4 Å². The molecule has 0 N–H and O–H groups in total. The summed E-state index contributed by atoms with van der Waals surface area (Å²) in [5.74, 6) is -0.423. The van der Waals surface area contributed by atoms with Gasteiger partial charge in [0.1, 0.15) is 0 Å². The Labute approximate surface area is 189 Å². The maximum absolute atomic E-state index is 13.2. The molecule has 0 amide bonds. The Balaban J connectivity index is 1.47. The summed E-state index contributed by atoms with van der Waals surface area (Å²) in [5.41, 5.74) is 2.44. The van der Waals surface area contributed by atoms with E-state index in [4.69, 9.17) is 9.47 Å². The molecule has 2 saturated heterocycles. The van der Waals surface area contributed by atoms with Crippen LogP contribution in [0.25, 0.3) is 11.0 Å². The van der Waals surface area contributed by atoms with Gasteiger partial charge in [0.2, 0.25) is 0 Å². The van der Waals surface area contributed by atoms with Crippen molar-refractivity contribution >= 4 is 49.3 Å². The molecule has 9 heteroatoms. The largest absolute Gasteiger partial charge is 0.370 e. The van der Waals surface area contributed by atoms with Gasteiger partial charge >= 0.3 is 0 Å². The Kier molecular flexibility index (Phi) is 5.04. The molecule has 1 aromatic carbocycles. The smallest absolute Gasteiger partial charge is 0.269 e. The fourth-order valence-corrected chi connectivity index (χ4v) is 6.29. The molecule has 5 rings (SSSR count). The van der Waals surface area contributed by atoms with Crippen LogP contribution in [0.3, 0.4) is 0 Å². The second kappa shape index (κ2) is 7.47. The van der Waals surface area contributed by atoms with Crippen LogP contribution in [0.4, 0.5) is 5.69 Å². The molecule has 0 unspecified atom stereocenters. The van der Waals surface area contributed by atoms with E-state index >= 15 is 0 Å². The number of aryl methyl sites for hydroxylation is 1. The van der Waals surface area contributed by atoms with Gasteiger partial charge < -0.3 is 14.4 Å². The Morgan fingerprint density at radius 3 is 2.43 bits per heavy atom. The lowest BCUT2D eigenvalue weighted by atomic mass is 10.0. The summed E-state index contributed by atoms with van der Waals surface area (Å²) in [6.45, 7) is 4.88. The maximum Gasteiger partial charge on any atom is 0.269 e. The fourth-order valence-electron chi connectivity index (χ4n) is 4.10. The Morgan fingerprint density at radius 2 is 1.77 bits per heavy atom. The molecule has 0 saturated carbocycles. The highest BCUT2D eigenvalue weighted by Crippen LogP contribution is 2.35. The summed E-state index contributed by atoms with van der Waals surface area (Å²) in [6.07, 6.45) is 5.02. The van der Waals surface area contributed by atoms with Crippen LogP contribution in [-0.2, 0) is 19.5 Å². The van der Waals surface area contributed by atoms with Crippen LogP contribution < -0.4 is 4.90 Å². The number of anilines is 1. The molecule has 2 fully saturated rings. The molecular weight excluding hydrogens is 517 g/mol. The zero-order valence-electron chi connectivity index (χ0n) is 16.5. The number of nitrogens with zero attached hydrogens (tertiary/aromatic N) is 3. The van der Waals surface area contributed by atoms with Gasteiger partial charge in [0.25, 0.3) is 10.0 Å². The first-order chi connectivity index (χ1) is 14.4. The highest BCUT2D eigenvalue weighted by Gasteiger charge is 2.40. The van der Waals surface area contributed by atoms with Crippen molar-refractivity contribution in [3.05, 3.63) is 51.9 Å². The van der Waals surface area contributed by atoms with Gasteiger partial charge in [-0.25, -0.2) is 17.4 Å². The average Bonchev–Trinajstić information content (AvgIpc) is 3.34. The lowest BCUT2D eigenvalue weighted by molar-refractivity contribution is -0.169. The first-order valence-corrected chi connectivity index (χ1v) is 12.4. The van der Waals surface area contributed by atoms with Crippen LogP contribution in [0.1, 0.15) is 18.4 Å². The van der Waals surface area contributed by atoms with E-state index in [1.807, 2.05) is 13.0 Å². The highest BCUT2D eigenvalue weighted by molar-refractivity contribution is 14.1. The number of fused-ring (bicyclic) bond motifs is 1. The van der Waals surface area contributed by atoms with Gasteiger partial charge in [0.05, 0.1) is 30.0 Å². The molecule has 2 aliphatic heterocycles. The van der Waals surface area contributed by atoms with Crippen LogP contribution >= 0.6 is 22.6 Å². The topological polar surface area (TPSA) is 73.7 Å². The van der Waals surface area contributed by atoms with Gasteiger partial charge in [-0.2, -0.15) is 0 Å². The first kappa shape index (κ1) is 20.2. The average molecular weight is 539 g/mol. The van der Waals surface area contributed by atoms with E-state index in [2.05, 4.69) is 32.5 Å². The van der Waals surface area contributed by atoms with E-state index in [0.717, 1.165) is 46.1 Å². The van der Waals surface area contributed by atoms with Crippen molar-refractivity contribution in [1.82, 2.24) is 8.96 Å². The van der Waals surface area contributed by atoms with Gasteiger partial charge in [-0.15, -0.1) is 0 Å². The van der Waals surface area contributed by atoms with E-state index in [9.17, 15) is 8.42 Å². The molecule has 2 aliphatic rings. The minimum Gasteiger partial charge on any atom is -0.370 e. The summed E-state index contributed by atoms with van der Waals surface area (Å²) in [4.78, 5) is 7.06. The molecule has 0 radical (unpaired) electrons. The monoisotopic (exact) mass is 539 g/mol. The van der Waals surface area contributed by atoms with Gasteiger partial charge in [0.15, 0.2) is 11.4 Å². The molecule has 7 nitrogen and oxygen atoms in total. The fraction of sp³-hybridized carbons (Fsp3) is 0.381. The number of hydrogen-bond acceptors (Lipinski definition) is 6. The Bertz CT molecular complexity index is 1190. The second-order valence-electron chi connectivity index (χ2n) is 7.75. The second-order valence-corrected chi connectivity index (χ2v) is 10.7. The number of hydrogen-bond donors (Lipinski definition) is 0. The third-order valence-corrected chi connectivity index (χ3v) is 8.35. The Morgan fingerprint density at radius 1 is 1.10 bits per heavy atom. The molecule has 0 aliphatic carbocycles. The minimum atomic E-state index is -3.71. The number of rotatable bonds is 3. The van der Waals surface area contributed by atoms with E-state index in [0.29, 0.717) is 18.9 Å². The number of aromatic nitrogens is 2. The quantitative estimate of drug-likeness (QED) is 0.475. The van der Waals surface area contributed by atoms with Gasteiger partial charge in [0, 0.05) is 41.1 Å². The molecule has 0 bridgehead atoms. The summed E-state index contributed by atoms with van der Waals surface area (Å²) in [5, 5.41) is 0.831. The number of ether oxygens (including phenoxy) is 2. The predicted octanol–water partition coefficient (Wildman–Crippen LogP) is 3.53. The summed E-state index contributed by atoms with van der Waals surface area (Å²) >= 11 is 2.17. The third-order valence-electron chi connectivity index (χ3n) is 5.83. The molecular formula is C21H22IN3O4S. The minimum absolute atomic E-state index is 0.255. The SMILES string of the molecule is Cc1ccc(S(=O)(=O)n2cc(I)c3cc(N4CCC5(CC4)OCCO5)cnc32)cc1. The van der Waals surface area contributed by atoms with Crippen LogP contribution in [-0.4, -0.2) is 49.5 Å². The Hall–Kier alpha value is -1.69. The summed E-state index contributed by atoms with van der Waals surface area (Å²) in [6, 6.07) is 8.90. The highest BCUT2D eigenvalue weighted by atomic mass is 127. The lowest BCUT2D eigenvalue weighted by Crippen LogP contribution is -2.45. The first-order valence-electron chi connectivity index (χ1n) is 9.90. The summed E-state index contributed by atoms with van der Waals surface area (Å²) < 4.78 is 40.1.